The van der Waals surface area contributed by atoms with Crippen LogP contribution in [0.3, 0.4) is 0 Å². The fourth-order valence-electron chi connectivity index (χ4n) is 0.388. The van der Waals surface area contributed by atoms with Crippen molar-refractivity contribution in [2.45, 2.75) is 0 Å². The van der Waals surface area contributed by atoms with E-state index >= 15 is 0 Å². The molecule has 46 valence electrons. The summed E-state index contributed by atoms with van der Waals surface area (Å²) in [6, 6.07) is 2.90. The van der Waals surface area contributed by atoms with Crippen molar-refractivity contribution >= 4 is 0 Å². The first-order chi connectivity index (χ1) is 3.80. The SMILES string of the molecule is Oc1cccnc1O.[Ti]. The molecule has 4 heteroatoms. The van der Waals surface area contributed by atoms with Gasteiger partial charge in [-0.15, -0.1) is 0 Å². The Bertz CT molecular complexity index is 171. The van der Waals surface area contributed by atoms with Gasteiger partial charge in [-0.25, -0.2) is 4.98 Å². The molecule has 0 fully saturated rings. The molecular formula is C5H5NO2Ti. The van der Waals surface area contributed by atoms with Crippen molar-refractivity contribution in [1.82, 2.24) is 4.98 Å². The first-order valence-corrected chi connectivity index (χ1v) is 2.13. The third-order valence-corrected chi connectivity index (χ3v) is 0.766. The molecule has 0 aliphatic heterocycles. The zero-order valence-corrected chi connectivity index (χ0v) is 6.14. The number of hydrogen-bond acceptors (Lipinski definition) is 3. The van der Waals surface area contributed by atoms with Crippen LogP contribution in [0.5, 0.6) is 11.6 Å². The monoisotopic (exact) mass is 159 g/mol. The second-order valence-electron chi connectivity index (χ2n) is 1.35. The summed E-state index contributed by atoms with van der Waals surface area (Å²) in [4.78, 5) is 3.38. The van der Waals surface area contributed by atoms with Gasteiger partial charge in [0.05, 0.1) is 0 Å². The number of aromatic hydroxyl groups is 2. The van der Waals surface area contributed by atoms with Gasteiger partial charge < -0.3 is 10.2 Å². The van der Waals surface area contributed by atoms with Gasteiger partial charge in [0.1, 0.15) is 0 Å². The summed E-state index contributed by atoms with van der Waals surface area (Å²) in [6.45, 7) is 0. The first-order valence-electron chi connectivity index (χ1n) is 2.13. The van der Waals surface area contributed by atoms with E-state index in [1.807, 2.05) is 0 Å². The van der Waals surface area contributed by atoms with Gasteiger partial charge >= 0.3 is 0 Å². The molecule has 2 N–H and O–H groups in total. The second kappa shape index (κ2) is 3.48. The Kier molecular flexibility index (Phi) is 3.27. The van der Waals surface area contributed by atoms with Crippen LogP contribution in [-0.2, 0) is 21.7 Å². The van der Waals surface area contributed by atoms with Crippen LogP contribution in [0, 0.1) is 0 Å². The van der Waals surface area contributed by atoms with Crippen LogP contribution in [0.4, 0.5) is 0 Å². The molecule has 0 unspecified atom stereocenters. The zero-order chi connectivity index (χ0) is 5.98. The van der Waals surface area contributed by atoms with E-state index in [2.05, 4.69) is 4.98 Å². The minimum atomic E-state index is -0.326. The van der Waals surface area contributed by atoms with Gasteiger partial charge in [-0.3, -0.25) is 0 Å². The van der Waals surface area contributed by atoms with Gasteiger partial charge in [-0.1, -0.05) is 0 Å². The minimum absolute atomic E-state index is 0. The van der Waals surface area contributed by atoms with E-state index in [9.17, 15) is 0 Å². The van der Waals surface area contributed by atoms with Gasteiger partial charge in [-0.05, 0) is 12.1 Å². The summed E-state index contributed by atoms with van der Waals surface area (Å²) in [5, 5.41) is 17.2. The molecule has 0 amide bonds. The summed E-state index contributed by atoms with van der Waals surface area (Å²) >= 11 is 0. The maximum atomic E-state index is 8.61. The Balaban J connectivity index is 0.000000640. The zero-order valence-electron chi connectivity index (χ0n) is 4.57. The fourth-order valence-corrected chi connectivity index (χ4v) is 0.388. The Morgan fingerprint density at radius 1 is 1.33 bits per heavy atom. The molecular weight excluding hydrogens is 154 g/mol. The van der Waals surface area contributed by atoms with E-state index in [-0.39, 0.29) is 33.3 Å². The van der Waals surface area contributed by atoms with Crippen LogP contribution in [0.25, 0.3) is 0 Å². The molecule has 1 rings (SSSR count). The standard InChI is InChI=1S/C5H5NO2.Ti/c7-4-2-1-3-6-5(4)8;/h1-3,7H,(H,6,8);. The summed E-state index contributed by atoms with van der Waals surface area (Å²) in [7, 11) is 0. The molecule has 0 aliphatic rings. The summed E-state index contributed by atoms with van der Waals surface area (Å²) in [5.41, 5.74) is 0. The number of rotatable bonds is 0. The van der Waals surface area contributed by atoms with Crippen LogP contribution in [-0.4, -0.2) is 15.2 Å². The van der Waals surface area contributed by atoms with Crippen molar-refractivity contribution in [3.05, 3.63) is 18.3 Å². The Morgan fingerprint density at radius 2 is 2.00 bits per heavy atom. The molecule has 0 bridgehead atoms. The van der Waals surface area contributed by atoms with Gasteiger partial charge in [0.15, 0.2) is 5.75 Å². The quantitative estimate of drug-likeness (QED) is 0.541. The topological polar surface area (TPSA) is 53.4 Å². The first kappa shape index (κ1) is 8.46. The van der Waals surface area contributed by atoms with Crippen LogP contribution in [0.2, 0.25) is 0 Å². The molecule has 3 nitrogen and oxygen atoms in total. The van der Waals surface area contributed by atoms with Crippen molar-refractivity contribution in [1.29, 1.82) is 0 Å². The number of aromatic nitrogens is 1. The molecule has 0 saturated heterocycles. The van der Waals surface area contributed by atoms with Crippen molar-refractivity contribution in [2.75, 3.05) is 0 Å². The van der Waals surface area contributed by atoms with Crippen molar-refractivity contribution in [2.24, 2.45) is 0 Å². The second-order valence-corrected chi connectivity index (χ2v) is 1.35. The van der Waals surface area contributed by atoms with E-state index < -0.39 is 0 Å². The molecule has 1 aromatic rings. The molecule has 9 heavy (non-hydrogen) atoms. The molecule has 0 radical (unpaired) electrons. The van der Waals surface area contributed by atoms with E-state index in [0.717, 1.165) is 0 Å². The molecule has 1 heterocycles. The molecule has 0 spiro atoms. The molecule has 0 atom stereocenters. The maximum absolute atomic E-state index is 8.61. The largest absolute Gasteiger partial charge is 0.503 e. The van der Waals surface area contributed by atoms with Crippen molar-refractivity contribution < 1.29 is 31.9 Å². The van der Waals surface area contributed by atoms with Crippen molar-refractivity contribution in [3.8, 4) is 11.6 Å². The van der Waals surface area contributed by atoms with Gasteiger partial charge in [0.25, 0.3) is 5.88 Å². The summed E-state index contributed by atoms with van der Waals surface area (Å²) in [5.74, 6) is -0.514. The molecule has 0 aliphatic carbocycles. The Labute approximate surface area is 67.2 Å². The summed E-state index contributed by atoms with van der Waals surface area (Å²) < 4.78 is 0. The predicted molar refractivity (Wildman–Crippen MR) is 27.6 cm³/mol. The van der Waals surface area contributed by atoms with E-state index in [4.69, 9.17) is 10.2 Å². The van der Waals surface area contributed by atoms with Crippen LogP contribution in [0.1, 0.15) is 0 Å². The number of nitrogens with zero attached hydrogens (tertiary/aromatic N) is 1. The van der Waals surface area contributed by atoms with E-state index in [1.54, 1.807) is 0 Å². The maximum Gasteiger partial charge on any atom is 0.254 e. The van der Waals surface area contributed by atoms with Crippen molar-refractivity contribution in [3.63, 3.8) is 0 Å². The number of hydrogen-bond donors (Lipinski definition) is 2. The third-order valence-electron chi connectivity index (χ3n) is 0.766. The van der Waals surface area contributed by atoms with Crippen LogP contribution >= 0.6 is 0 Å². The molecule has 1 aromatic heterocycles. The van der Waals surface area contributed by atoms with E-state index in [1.165, 1.54) is 18.3 Å². The van der Waals surface area contributed by atoms with Crippen LogP contribution in [0.15, 0.2) is 18.3 Å². The smallest absolute Gasteiger partial charge is 0.254 e. The van der Waals surface area contributed by atoms with Gasteiger partial charge in [-0.2, -0.15) is 0 Å². The predicted octanol–water partition coefficient (Wildman–Crippen LogP) is 0.490. The minimum Gasteiger partial charge on any atom is -0.503 e. The van der Waals surface area contributed by atoms with Gasteiger partial charge in [0, 0.05) is 27.9 Å². The number of pyridine rings is 1. The third kappa shape index (κ3) is 2.04. The average Bonchev–Trinajstić information content (AvgIpc) is 1.77. The van der Waals surface area contributed by atoms with Crippen LogP contribution < -0.4 is 0 Å². The van der Waals surface area contributed by atoms with E-state index in [0.29, 0.717) is 0 Å². The summed E-state index contributed by atoms with van der Waals surface area (Å²) in [6.07, 6.45) is 1.40. The molecule has 0 saturated carbocycles. The molecule has 0 aromatic carbocycles. The van der Waals surface area contributed by atoms with Gasteiger partial charge in [0.2, 0.25) is 0 Å². The fraction of sp³-hybridized carbons (Fsp3) is 0. The average molecular weight is 159 g/mol. The Morgan fingerprint density at radius 3 is 2.33 bits per heavy atom. The normalized spacial score (nSPS) is 8.00. The Hall–Kier alpha value is -0.536.